The predicted molar refractivity (Wildman–Crippen MR) is 113 cm³/mol. The molecule has 0 aliphatic carbocycles. The van der Waals surface area contributed by atoms with Crippen LogP contribution in [0.5, 0.6) is 0 Å². The molecule has 1 heterocycles. The zero-order valence-corrected chi connectivity index (χ0v) is 18.7. The predicted octanol–water partition coefficient (Wildman–Crippen LogP) is 6.10. The second-order valence-electron chi connectivity index (χ2n) is 6.90. The molecule has 145 valence electrons. The Hall–Kier alpha value is -2.99. The van der Waals surface area contributed by atoms with Gasteiger partial charge in [0, 0.05) is 38.9 Å². The van der Waals surface area contributed by atoms with Gasteiger partial charge in [0.1, 0.15) is 5.82 Å². The summed E-state index contributed by atoms with van der Waals surface area (Å²) in [7, 11) is 0. The first kappa shape index (κ1) is 20.7. The number of benzene rings is 3. The Kier molecular flexibility index (Phi) is 6.44. The third-order valence-electron chi connectivity index (χ3n) is 4.88. The van der Waals surface area contributed by atoms with Crippen LogP contribution in [0.2, 0.25) is 0 Å². The van der Waals surface area contributed by atoms with Crippen LogP contribution < -0.4 is 0 Å². The second kappa shape index (κ2) is 9.01. The van der Waals surface area contributed by atoms with Crippen molar-refractivity contribution in [2.45, 2.75) is 20.3 Å². The van der Waals surface area contributed by atoms with Crippen molar-refractivity contribution in [3.05, 3.63) is 113 Å². The number of aryl methyl sites for hydroxylation is 2. The molecule has 4 aromatic rings. The van der Waals surface area contributed by atoms with Crippen molar-refractivity contribution in [1.82, 2.24) is 9.55 Å². The molecule has 4 rings (SSSR count). The Morgan fingerprint density at radius 2 is 1.72 bits per heavy atom. The van der Waals surface area contributed by atoms with Crippen molar-refractivity contribution in [2.24, 2.45) is 0 Å². The molecule has 0 unspecified atom stereocenters. The van der Waals surface area contributed by atoms with Crippen LogP contribution in [0, 0.1) is 26.5 Å². The molecule has 0 saturated carbocycles. The Labute approximate surface area is 185 Å². The van der Waals surface area contributed by atoms with Crippen LogP contribution in [-0.2, 0) is 26.5 Å². The van der Waals surface area contributed by atoms with Gasteiger partial charge in [-0.25, -0.2) is 4.98 Å². The van der Waals surface area contributed by atoms with E-state index in [0.717, 1.165) is 17.1 Å². The minimum Gasteiger partial charge on any atom is -0.303 e. The molecule has 0 amide bonds. The average molecular weight is 555 g/mol. The number of aromatic nitrogens is 2. The van der Waals surface area contributed by atoms with Gasteiger partial charge in [0.2, 0.25) is 0 Å². The average Bonchev–Trinajstić information content (AvgIpc) is 3.16. The monoisotopic (exact) mass is 555 g/mol. The third-order valence-corrected chi connectivity index (χ3v) is 4.88. The molecule has 3 aromatic carbocycles. The summed E-state index contributed by atoms with van der Waals surface area (Å²) >= 11 is 0. The van der Waals surface area contributed by atoms with Crippen LogP contribution in [-0.4, -0.2) is 9.55 Å². The molecule has 0 N–H and O–H groups in total. The minimum absolute atomic E-state index is 0. The summed E-state index contributed by atoms with van der Waals surface area (Å²) in [6, 6.07) is 23.6. The molecular formula is C25H20IrN3-. The van der Waals surface area contributed by atoms with Gasteiger partial charge in [-0.1, -0.05) is 30.3 Å². The van der Waals surface area contributed by atoms with Crippen LogP contribution >= 0.6 is 0 Å². The molecule has 0 bridgehead atoms. The Morgan fingerprint density at radius 3 is 2.41 bits per heavy atom. The van der Waals surface area contributed by atoms with Gasteiger partial charge in [0.25, 0.3) is 0 Å². The van der Waals surface area contributed by atoms with E-state index >= 15 is 0 Å². The normalized spacial score (nSPS) is 10.2. The zero-order chi connectivity index (χ0) is 19.5. The SMILES string of the molecule is [C-]#[N+]c1cc[c-]c(Cc2nccn2-c2c(C)cc(-c3ccccc3)cc2C)c1.[Ir]. The van der Waals surface area contributed by atoms with Crippen molar-refractivity contribution in [3.63, 3.8) is 0 Å². The van der Waals surface area contributed by atoms with Crippen molar-refractivity contribution in [1.29, 1.82) is 0 Å². The van der Waals surface area contributed by atoms with Gasteiger partial charge < -0.3 is 4.57 Å². The van der Waals surface area contributed by atoms with Gasteiger partial charge in [0.15, 0.2) is 0 Å². The molecule has 1 aromatic heterocycles. The summed E-state index contributed by atoms with van der Waals surface area (Å²) in [5.74, 6) is 0.942. The van der Waals surface area contributed by atoms with E-state index in [-0.39, 0.29) is 20.1 Å². The van der Waals surface area contributed by atoms with Gasteiger partial charge in [-0.15, -0.1) is 0 Å². The van der Waals surface area contributed by atoms with Gasteiger partial charge in [-0.3, -0.25) is 4.85 Å². The second-order valence-corrected chi connectivity index (χ2v) is 6.90. The smallest absolute Gasteiger partial charge is 0.115 e. The quantitative estimate of drug-likeness (QED) is 0.280. The first-order chi connectivity index (χ1) is 13.7. The minimum atomic E-state index is 0. The van der Waals surface area contributed by atoms with E-state index in [4.69, 9.17) is 6.57 Å². The molecule has 0 spiro atoms. The number of imidazole rings is 1. The van der Waals surface area contributed by atoms with Gasteiger partial charge in [-0.2, -0.15) is 29.8 Å². The molecular weight excluding hydrogens is 535 g/mol. The maximum absolute atomic E-state index is 7.20. The van der Waals surface area contributed by atoms with E-state index in [1.165, 1.54) is 22.3 Å². The van der Waals surface area contributed by atoms with Crippen LogP contribution in [0.4, 0.5) is 5.69 Å². The summed E-state index contributed by atoms with van der Waals surface area (Å²) < 4.78 is 2.15. The van der Waals surface area contributed by atoms with Gasteiger partial charge in [0.05, 0.1) is 17.9 Å². The number of hydrogen-bond acceptors (Lipinski definition) is 1. The summed E-state index contributed by atoms with van der Waals surface area (Å²) in [5.41, 5.74) is 7.61. The summed E-state index contributed by atoms with van der Waals surface area (Å²) in [6.45, 7) is 11.5. The van der Waals surface area contributed by atoms with E-state index in [9.17, 15) is 0 Å². The topological polar surface area (TPSA) is 22.2 Å². The largest absolute Gasteiger partial charge is 0.303 e. The molecule has 3 nitrogen and oxygen atoms in total. The Morgan fingerprint density at radius 1 is 1.00 bits per heavy atom. The molecule has 0 atom stereocenters. The van der Waals surface area contributed by atoms with Crippen LogP contribution in [0.15, 0.2) is 73.1 Å². The molecule has 1 radical (unpaired) electrons. The third kappa shape index (κ3) is 4.38. The number of nitrogens with zero attached hydrogens (tertiary/aromatic N) is 3. The van der Waals surface area contributed by atoms with Gasteiger partial charge in [-0.05, 0) is 48.2 Å². The van der Waals surface area contributed by atoms with E-state index in [0.29, 0.717) is 12.1 Å². The zero-order valence-electron chi connectivity index (χ0n) is 16.3. The standard InChI is InChI=1S/C25H20N3.Ir/c1-18-14-22(21-9-5-4-6-10-21)15-19(2)25(18)28-13-12-27-24(28)17-20-8-7-11-23(16-20)26-3;/h4-7,9-16H,17H2,1-2H3;/q-1;. The van der Waals surface area contributed by atoms with Crippen LogP contribution in [0.3, 0.4) is 0 Å². The molecule has 29 heavy (non-hydrogen) atoms. The summed E-state index contributed by atoms with van der Waals surface area (Å²) in [4.78, 5) is 8.08. The molecule has 0 fully saturated rings. The number of rotatable bonds is 4. The van der Waals surface area contributed by atoms with Crippen molar-refractivity contribution >= 4 is 5.69 Å². The molecule has 4 heteroatoms. The van der Waals surface area contributed by atoms with E-state index < -0.39 is 0 Å². The van der Waals surface area contributed by atoms with Crippen molar-refractivity contribution in [2.75, 3.05) is 0 Å². The van der Waals surface area contributed by atoms with Crippen LogP contribution in [0.1, 0.15) is 22.5 Å². The fourth-order valence-electron chi connectivity index (χ4n) is 3.65. The maximum atomic E-state index is 7.20. The van der Waals surface area contributed by atoms with Crippen molar-refractivity contribution < 1.29 is 20.1 Å². The Bertz CT molecular complexity index is 1150. The molecule has 0 aliphatic rings. The number of hydrogen-bond donors (Lipinski definition) is 0. The van der Waals surface area contributed by atoms with E-state index in [1.54, 1.807) is 12.1 Å². The van der Waals surface area contributed by atoms with E-state index in [1.807, 2.05) is 24.5 Å². The first-order valence-electron chi connectivity index (χ1n) is 9.23. The van der Waals surface area contributed by atoms with Crippen LogP contribution in [0.25, 0.3) is 21.7 Å². The van der Waals surface area contributed by atoms with E-state index in [2.05, 4.69) is 70.7 Å². The summed E-state index contributed by atoms with van der Waals surface area (Å²) in [5, 5.41) is 0. The fraction of sp³-hybridized carbons (Fsp3) is 0.120. The first-order valence-corrected chi connectivity index (χ1v) is 9.23. The summed E-state index contributed by atoms with van der Waals surface area (Å²) in [6.07, 6.45) is 4.47. The maximum Gasteiger partial charge on any atom is 0.115 e. The Balaban J connectivity index is 0.00000240. The van der Waals surface area contributed by atoms with Gasteiger partial charge >= 0.3 is 0 Å². The molecule has 0 saturated heterocycles. The van der Waals surface area contributed by atoms with Crippen molar-refractivity contribution in [3.8, 4) is 16.8 Å². The molecule has 0 aliphatic heterocycles. The fourth-order valence-corrected chi connectivity index (χ4v) is 3.65.